The zero-order valence-electron chi connectivity index (χ0n) is 8.76. The van der Waals surface area contributed by atoms with E-state index in [0.29, 0.717) is 0 Å². The molecule has 1 aliphatic heterocycles. The van der Waals surface area contributed by atoms with Crippen LogP contribution in [-0.4, -0.2) is 11.9 Å². The highest BCUT2D eigenvalue weighted by atomic mass is 15.1. The second-order valence-corrected chi connectivity index (χ2v) is 2.58. The number of nitrogens with zero attached hydrogens (tertiary/aromatic N) is 1. The molecule has 1 heterocycles. The molecule has 1 heteroatoms. The van der Waals surface area contributed by atoms with Crippen LogP contribution >= 0.6 is 0 Å². The normalized spacial score (nSPS) is 15.6. The van der Waals surface area contributed by atoms with Gasteiger partial charge in [-0.1, -0.05) is 26.0 Å². The van der Waals surface area contributed by atoms with Gasteiger partial charge >= 0.3 is 0 Å². The second kappa shape index (κ2) is 5.64. The molecule has 0 aliphatic carbocycles. The Morgan fingerprint density at radius 3 is 2.25 bits per heavy atom. The highest BCUT2D eigenvalue weighted by molar-refractivity contribution is 5.28. The van der Waals surface area contributed by atoms with E-state index in [0.717, 1.165) is 0 Å². The van der Waals surface area contributed by atoms with Gasteiger partial charge in [0, 0.05) is 18.9 Å². The Hall–Kier alpha value is -0.980. The minimum absolute atomic E-state index is 1.31. The van der Waals surface area contributed by atoms with Crippen LogP contribution in [0, 0.1) is 0 Å². The first-order chi connectivity index (χ1) is 5.72. The van der Waals surface area contributed by atoms with Gasteiger partial charge in [0.2, 0.25) is 0 Å². The Kier molecular flexibility index (Phi) is 5.18. The molecule has 0 aromatic rings. The number of hydrogen-bond acceptors (Lipinski definition) is 1. The van der Waals surface area contributed by atoms with Crippen molar-refractivity contribution in [2.45, 2.75) is 27.7 Å². The maximum absolute atomic E-state index is 2.12. The Bertz CT molecular complexity index is 209. The molecule has 0 saturated carbocycles. The summed E-state index contributed by atoms with van der Waals surface area (Å²) >= 11 is 0. The van der Waals surface area contributed by atoms with Crippen LogP contribution < -0.4 is 0 Å². The summed E-state index contributed by atoms with van der Waals surface area (Å²) in [5, 5.41) is 0. The summed E-state index contributed by atoms with van der Waals surface area (Å²) in [6.45, 7) is 8.24. The first kappa shape index (κ1) is 11.0. The zero-order chi connectivity index (χ0) is 9.56. The van der Waals surface area contributed by atoms with Gasteiger partial charge in [-0.05, 0) is 25.5 Å². The quantitative estimate of drug-likeness (QED) is 0.532. The van der Waals surface area contributed by atoms with Crippen molar-refractivity contribution in [3.8, 4) is 0 Å². The minimum atomic E-state index is 1.31. The van der Waals surface area contributed by atoms with E-state index >= 15 is 0 Å². The van der Waals surface area contributed by atoms with Crippen LogP contribution in [-0.2, 0) is 0 Å². The van der Waals surface area contributed by atoms with Crippen molar-refractivity contribution in [2.75, 3.05) is 7.05 Å². The Labute approximate surface area is 76.1 Å². The summed E-state index contributed by atoms with van der Waals surface area (Å²) in [4.78, 5) is 2.12. The molecule has 0 unspecified atom stereocenters. The third-order valence-electron chi connectivity index (χ3n) is 1.87. The Morgan fingerprint density at radius 1 is 1.08 bits per heavy atom. The maximum Gasteiger partial charge on any atom is 0.0169 e. The summed E-state index contributed by atoms with van der Waals surface area (Å²) in [6, 6.07) is 0. The second-order valence-electron chi connectivity index (χ2n) is 2.58. The number of hydrogen-bond donors (Lipinski definition) is 0. The summed E-state index contributed by atoms with van der Waals surface area (Å²) in [5.74, 6) is 0. The van der Waals surface area contributed by atoms with Crippen LogP contribution in [0.2, 0.25) is 0 Å². The highest BCUT2D eigenvalue weighted by Crippen LogP contribution is 2.11. The van der Waals surface area contributed by atoms with E-state index in [4.69, 9.17) is 0 Å². The molecule has 0 atom stereocenters. The standard InChI is InChI=1S/C9H13N.C2H6/c1-8-6-4-5-7-10(3)9(8)2;1-2/h4-7H,1-3H3;1-2H3. The maximum atomic E-state index is 2.12. The molecule has 0 spiro atoms. The SMILES string of the molecule is CC.CC1=C(C)N(C)C=CC=C1. The Balaban J connectivity index is 0.000000561. The fraction of sp³-hybridized carbons (Fsp3) is 0.455. The van der Waals surface area contributed by atoms with Crippen molar-refractivity contribution in [3.63, 3.8) is 0 Å². The van der Waals surface area contributed by atoms with Gasteiger partial charge in [0.15, 0.2) is 0 Å². The van der Waals surface area contributed by atoms with Gasteiger partial charge in [-0.15, -0.1) is 0 Å². The van der Waals surface area contributed by atoms with Gasteiger partial charge in [-0.3, -0.25) is 0 Å². The van der Waals surface area contributed by atoms with Crippen molar-refractivity contribution in [1.29, 1.82) is 0 Å². The van der Waals surface area contributed by atoms with E-state index < -0.39 is 0 Å². The fourth-order valence-corrected chi connectivity index (χ4v) is 0.889. The van der Waals surface area contributed by atoms with Crippen molar-refractivity contribution in [3.05, 3.63) is 35.7 Å². The van der Waals surface area contributed by atoms with Gasteiger partial charge in [-0.2, -0.15) is 0 Å². The van der Waals surface area contributed by atoms with Crippen LogP contribution in [0.15, 0.2) is 35.7 Å². The smallest absolute Gasteiger partial charge is 0.0169 e. The molecular formula is C11H19N. The van der Waals surface area contributed by atoms with Gasteiger partial charge < -0.3 is 4.90 Å². The lowest BCUT2D eigenvalue weighted by molar-refractivity contribution is 0.566. The van der Waals surface area contributed by atoms with E-state index in [1.54, 1.807) is 0 Å². The van der Waals surface area contributed by atoms with Gasteiger partial charge in [-0.25, -0.2) is 0 Å². The zero-order valence-corrected chi connectivity index (χ0v) is 8.76. The number of allylic oxidation sites excluding steroid dienone is 5. The third-order valence-corrected chi connectivity index (χ3v) is 1.87. The molecule has 0 aromatic carbocycles. The molecule has 0 radical (unpaired) electrons. The molecule has 1 rings (SSSR count). The predicted molar refractivity (Wildman–Crippen MR) is 55.8 cm³/mol. The van der Waals surface area contributed by atoms with Crippen LogP contribution in [0.25, 0.3) is 0 Å². The lowest BCUT2D eigenvalue weighted by Gasteiger charge is -2.14. The largest absolute Gasteiger partial charge is 0.354 e. The monoisotopic (exact) mass is 165 g/mol. The molecule has 12 heavy (non-hydrogen) atoms. The summed E-state index contributed by atoms with van der Waals surface area (Å²) < 4.78 is 0. The van der Waals surface area contributed by atoms with Crippen LogP contribution in [0.4, 0.5) is 0 Å². The molecule has 0 bridgehead atoms. The average Bonchev–Trinajstić information content (AvgIpc) is 2.24. The van der Waals surface area contributed by atoms with E-state index in [9.17, 15) is 0 Å². The molecule has 0 amide bonds. The summed E-state index contributed by atoms with van der Waals surface area (Å²) in [7, 11) is 2.06. The Morgan fingerprint density at radius 2 is 1.67 bits per heavy atom. The first-order valence-corrected chi connectivity index (χ1v) is 4.47. The highest BCUT2D eigenvalue weighted by Gasteiger charge is 1.98. The van der Waals surface area contributed by atoms with Gasteiger partial charge in [0.1, 0.15) is 0 Å². The predicted octanol–water partition coefficient (Wildman–Crippen LogP) is 3.32. The average molecular weight is 165 g/mol. The van der Waals surface area contributed by atoms with E-state index in [-0.39, 0.29) is 0 Å². The van der Waals surface area contributed by atoms with Crippen LogP contribution in [0.5, 0.6) is 0 Å². The molecular weight excluding hydrogens is 146 g/mol. The van der Waals surface area contributed by atoms with Crippen molar-refractivity contribution >= 4 is 0 Å². The molecule has 0 aromatic heterocycles. The summed E-state index contributed by atoms with van der Waals surface area (Å²) in [5.41, 5.74) is 2.64. The molecule has 1 aliphatic rings. The van der Waals surface area contributed by atoms with Crippen LogP contribution in [0.1, 0.15) is 27.7 Å². The molecule has 68 valence electrons. The number of rotatable bonds is 0. The molecule has 0 N–H and O–H groups in total. The van der Waals surface area contributed by atoms with Crippen molar-refractivity contribution in [2.24, 2.45) is 0 Å². The third kappa shape index (κ3) is 2.95. The lowest BCUT2D eigenvalue weighted by atomic mass is 10.2. The van der Waals surface area contributed by atoms with Crippen molar-refractivity contribution < 1.29 is 0 Å². The van der Waals surface area contributed by atoms with Gasteiger partial charge in [0.25, 0.3) is 0 Å². The molecule has 1 nitrogen and oxygen atoms in total. The van der Waals surface area contributed by atoms with Gasteiger partial charge in [0.05, 0.1) is 0 Å². The van der Waals surface area contributed by atoms with Crippen molar-refractivity contribution in [1.82, 2.24) is 4.90 Å². The topological polar surface area (TPSA) is 3.24 Å². The summed E-state index contributed by atoms with van der Waals surface area (Å²) in [6.07, 6.45) is 8.28. The van der Waals surface area contributed by atoms with E-state index in [1.165, 1.54) is 11.3 Å². The fourth-order valence-electron chi connectivity index (χ4n) is 0.889. The molecule has 0 fully saturated rings. The van der Waals surface area contributed by atoms with E-state index in [1.807, 2.05) is 19.9 Å². The molecule has 0 saturated heterocycles. The van der Waals surface area contributed by atoms with E-state index in [2.05, 4.69) is 44.1 Å². The lowest BCUT2D eigenvalue weighted by Crippen LogP contribution is -2.07. The first-order valence-electron chi connectivity index (χ1n) is 4.47. The van der Waals surface area contributed by atoms with Crippen LogP contribution in [0.3, 0.4) is 0 Å². The minimum Gasteiger partial charge on any atom is -0.354 e.